The molecule has 1 aromatic heterocycles. The van der Waals surface area contributed by atoms with Gasteiger partial charge in [0.1, 0.15) is 0 Å². The third-order valence-corrected chi connectivity index (χ3v) is 3.81. The van der Waals surface area contributed by atoms with Crippen molar-refractivity contribution in [2.75, 3.05) is 5.32 Å². The number of nitrogens with zero attached hydrogens (tertiary/aromatic N) is 3. The summed E-state index contributed by atoms with van der Waals surface area (Å²) >= 11 is 0. The summed E-state index contributed by atoms with van der Waals surface area (Å²) in [6.45, 7) is -2.80. The zero-order valence-corrected chi connectivity index (χ0v) is 14.3. The summed E-state index contributed by atoms with van der Waals surface area (Å²) in [6, 6.07) is 13.3. The van der Waals surface area contributed by atoms with E-state index in [0.29, 0.717) is 12.2 Å². The topological polar surface area (TPSA) is 82.2 Å². The molecule has 0 aliphatic heterocycles. The molecule has 27 heavy (non-hydrogen) atoms. The molecule has 0 radical (unpaired) electrons. The largest absolute Gasteiger partial charge is 0.427 e. The van der Waals surface area contributed by atoms with E-state index in [4.69, 9.17) is 0 Å². The summed E-state index contributed by atoms with van der Waals surface area (Å²) in [5.41, 5.74) is 2.52. The molecule has 2 aromatic carbocycles. The molecule has 3 rings (SSSR count). The number of nitro groups is 1. The van der Waals surface area contributed by atoms with E-state index in [-0.39, 0.29) is 0 Å². The lowest BCUT2D eigenvalue weighted by molar-refractivity contribution is -0.386. The Morgan fingerprint density at radius 2 is 2.00 bits per heavy atom. The van der Waals surface area contributed by atoms with E-state index in [9.17, 15) is 18.9 Å². The summed E-state index contributed by atoms with van der Waals surface area (Å²) < 4.78 is 31.0. The van der Waals surface area contributed by atoms with Crippen LogP contribution in [0.1, 0.15) is 5.56 Å². The van der Waals surface area contributed by atoms with Crippen molar-refractivity contribution in [1.82, 2.24) is 9.78 Å². The Morgan fingerprint density at radius 1 is 1.26 bits per heavy atom. The smallest absolute Gasteiger partial charge is 0.387 e. The number of rotatable bonds is 7. The summed E-state index contributed by atoms with van der Waals surface area (Å²) in [5, 5.41) is 18.5. The lowest BCUT2D eigenvalue weighted by atomic mass is 10.1. The molecule has 3 aromatic rings. The van der Waals surface area contributed by atoms with Gasteiger partial charge in [-0.05, 0) is 6.07 Å². The van der Waals surface area contributed by atoms with E-state index in [0.717, 1.165) is 22.9 Å². The number of aromatic nitrogens is 2. The Hall–Kier alpha value is -3.49. The molecule has 1 heterocycles. The van der Waals surface area contributed by atoms with E-state index in [1.165, 1.54) is 12.1 Å². The molecule has 0 fully saturated rings. The van der Waals surface area contributed by atoms with Crippen molar-refractivity contribution in [3.05, 3.63) is 70.4 Å². The predicted molar refractivity (Wildman–Crippen MR) is 95.7 cm³/mol. The van der Waals surface area contributed by atoms with E-state index >= 15 is 0 Å². The van der Waals surface area contributed by atoms with Gasteiger partial charge in [0.15, 0.2) is 0 Å². The minimum absolute atomic E-state index is 0.351. The number of aryl methyl sites for hydroxylation is 1. The van der Waals surface area contributed by atoms with Gasteiger partial charge in [0, 0.05) is 48.7 Å². The van der Waals surface area contributed by atoms with Crippen LogP contribution in [0.2, 0.25) is 0 Å². The first kappa shape index (κ1) is 18.3. The molecule has 0 amide bonds. The number of anilines is 1. The van der Waals surface area contributed by atoms with Crippen molar-refractivity contribution in [2.24, 2.45) is 7.05 Å². The Balaban J connectivity index is 1.82. The summed E-state index contributed by atoms with van der Waals surface area (Å²) in [5.74, 6) is -0.491. The summed E-state index contributed by atoms with van der Waals surface area (Å²) in [7, 11) is 1.80. The first-order valence-corrected chi connectivity index (χ1v) is 7.99. The van der Waals surface area contributed by atoms with Gasteiger partial charge in [0.2, 0.25) is 5.75 Å². The van der Waals surface area contributed by atoms with Crippen LogP contribution in [0.5, 0.6) is 5.75 Å². The summed E-state index contributed by atoms with van der Waals surface area (Å²) in [6.07, 6.45) is 1.84. The summed E-state index contributed by atoms with van der Waals surface area (Å²) in [4.78, 5) is 10.2. The lowest BCUT2D eigenvalue weighted by Gasteiger charge is -2.10. The van der Waals surface area contributed by atoms with Crippen LogP contribution in [0.15, 0.2) is 54.7 Å². The minimum atomic E-state index is -3.15. The van der Waals surface area contributed by atoms with Gasteiger partial charge in [-0.1, -0.05) is 30.3 Å². The molecule has 0 spiro atoms. The van der Waals surface area contributed by atoms with Crippen LogP contribution in [-0.4, -0.2) is 21.3 Å². The predicted octanol–water partition coefficient (Wildman–Crippen LogP) is 4.21. The molecular weight excluding hydrogens is 358 g/mol. The van der Waals surface area contributed by atoms with Crippen LogP contribution in [0.4, 0.5) is 20.2 Å². The maximum atomic E-state index is 12.5. The van der Waals surface area contributed by atoms with Crippen molar-refractivity contribution in [2.45, 2.75) is 13.2 Å². The number of hydrogen-bond acceptors (Lipinski definition) is 5. The number of nitro benzene ring substituents is 1. The lowest BCUT2D eigenvalue weighted by Crippen LogP contribution is -2.06. The quantitative estimate of drug-likeness (QED) is 0.495. The van der Waals surface area contributed by atoms with E-state index < -0.39 is 23.0 Å². The maximum absolute atomic E-state index is 12.5. The molecule has 140 valence electrons. The molecule has 0 aliphatic carbocycles. The number of nitrogens with one attached hydrogen (secondary N) is 1. The normalized spacial score (nSPS) is 10.8. The van der Waals surface area contributed by atoms with Crippen LogP contribution >= 0.6 is 0 Å². The van der Waals surface area contributed by atoms with Crippen LogP contribution < -0.4 is 10.1 Å². The standard InChI is InChI=1S/C18H16F2N4O3/c1-23-11-13(17(22-23)12-5-3-2-4-6-12)10-21-14-7-8-15(24(25)26)16(9-14)27-18(19)20/h2-9,11,18,21H,10H2,1H3. The minimum Gasteiger partial charge on any atom is -0.427 e. The van der Waals surface area contributed by atoms with Crippen molar-refractivity contribution in [1.29, 1.82) is 0 Å². The Labute approximate surface area is 153 Å². The fraction of sp³-hybridized carbons (Fsp3) is 0.167. The first-order valence-electron chi connectivity index (χ1n) is 7.99. The van der Waals surface area contributed by atoms with Gasteiger partial charge in [0.05, 0.1) is 10.6 Å². The maximum Gasteiger partial charge on any atom is 0.387 e. The van der Waals surface area contributed by atoms with Crippen LogP contribution in [0.25, 0.3) is 11.3 Å². The van der Waals surface area contributed by atoms with Crippen LogP contribution in [0.3, 0.4) is 0 Å². The molecule has 0 atom stereocenters. The van der Waals surface area contributed by atoms with Crippen molar-refractivity contribution in [3.63, 3.8) is 0 Å². The average Bonchev–Trinajstić information content (AvgIpc) is 3.01. The van der Waals surface area contributed by atoms with Gasteiger partial charge in [-0.15, -0.1) is 0 Å². The van der Waals surface area contributed by atoms with Crippen molar-refractivity contribution < 1.29 is 18.4 Å². The molecule has 0 saturated heterocycles. The number of halogens is 2. The van der Waals surface area contributed by atoms with Crippen molar-refractivity contribution >= 4 is 11.4 Å². The Morgan fingerprint density at radius 3 is 2.67 bits per heavy atom. The fourth-order valence-corrected chi connectivity index (χ4v) is 2.67. The zero-order valence-electron chi connectivity index (χ0n) is 14.3. The van der Waals surface area contributed by atoms with Gasteiger partial charge in [0.25, 0.3) is 0 Å². The zero-order chi connectivity index (χ0) is 19.4. The SMILES string of the molecule is Cn1cc(CNc2ccc([N+](=O)[O-])c(OC(F)F)c2)c(-c2ccccc2)n1. The molecule has 1 N–H and O–H groups in total. The van der Waals surface area contributed by atoms with Gasteiger partial charge in [-0.2, -0.15) is 13.9 Å². The van der Waals surface area contributed by atoms with Gasteiger partial charge in [-0.3, -0.25) is 14.8 Å². The molecule has 0 unspecified atom stereocenters. The molecule has 0 saturated carbocycles. The highest BCUT2D eigenvalue weighted by Gasteiger charge is 2.19. The third kappa shape index (κ3) is 4.38. The molecule has 0 bridgehead atoms. The van der Waals surface area contributed by atoms with Gasteiger partial charge >= 0.3 is 12.3 Å². The number of hydrogen-bond donors (Lipinski definition) is 1. The molecule has 0 aliphatic rings. The molecule has 9 heteroatoms. The van der Waals surface area contributed by atoms with E-state index in [2.05, 4.69) is 15.2 Å². The average molecular weight is 374 g/mol. The molecule has 7 nitrogen and oxygen atoms in total. The van der Waals surface area contributed by atoms with E-state index in [1.54, 1.807) is 11.7 Å². The fourth-order valence-electron chi connectivity index (χ4n) is 2.67. The second kappa shape index (κ2) is 7.81. The van der Waals surface area contributed by atoms with Gasteiger partial charge in [-0.25, -0.2) is 0 Å². The second-order valence-electron chi connectivity index (χ2n) is 5.71. The monoisotopic (exact) mass is 374 g/mol. The number of ether oxygens (including phenoxy) is 1. The second-order valence-corrected chi connectivity index (χ2v) is 5.71. The third-order valence-electron chi connectivity index (χ3n) is 3.81. The van der Waals surface area contributed by atoms with Crippen molar-refractivity contribution in [3.8, 4) is 17.0 Å². The van der Waals surface area contributed by atoms with Crippen LogP contribution in [-0.2, 0) is 13.6 Å². The van der Waals surface area contributed by atoms with Gasteiger partial charge < -0.3 is 10.1 Å². The number of alkyl halides is 2. The highest BCUT2D eigenvalue weighted by molar-refractivity contribution is 5.64. The van der Waals surface area contributed by atoms with E-state index in [1.807, 2.05) is 36.5 Å². The first-order chi connectivity index (χ1) is 12.9. The Bertz CT molecular complexity index is 945. The Kier molecular flexibility index (Phi) is 5.30. The highest BCUT2D eigenvalue weighted by Crippen LogP contribution is 2.32. The molecular formula is C18H16F2N4O3. The number of benzene rings is 2. The van der Waals surface area contributed by atoms with Crippen LogP contribution in [0, 0.1) is 10.1 Å². The highest BCUT2D eigenvalue weighted by atomic mass is 19.3.